The van der Waals surface area contributed by atoms with Gasteiger partial charge in [0.25, 0.3) is 0 Å². The molecule has 2 atom stereocenters. The lowest BCUT2D eigenvalue weighted by Gasteiger charge is -2.29. The first-order valence-electron chi connectivity index (χ1n) is 8.60. The zero-order chi connectivity index (χ0) is 20.3. The minimum absolute atomic E-state index is 0.0263. The van der Waals surface area contributed by atoms with Gasteiger partial charge in [-0.1, -0.05) is 29.3 Å². The number of halogens is 2. The topological polar surface area (TPSA) is 77.3 Å². The Balaban J connectivity index is 2.55. The van der Waals surface area contributed by atoms with Gasteiger partial charge >= 0.3 is 11.9 Å². The molecule has 6 nitrogen and oxygen atoms in total. The Morgan fingerprint density at radius 1 is 1.00 bits per heavy atom. The molecule has 2 unspecified atom stereocenters. The van der Waals surface area contributed by atoms with Crippen molar-refractivity contribution >= 4 is 46.6 Å². The molecule has 0 aromatic heterocycles. The fourth-order valence-electron chi connectivity index (χ4n) is 2.77. The summed E-state index contributed by atoms with van der Waals surface area (Å²) in [5.74, 6) is -2.70. The van der Waals surface area contributed by atoms with Crippen LogP contribution in [-0.2, 0) is 19.1 Å². The Bertz CT molecular complexity index is 803. The average molecular weight is 413 g/mol. The number of rotatable bonds is 5. The molecule has 0 bridgehead atoms. The first-order chi connectivity index (χ1) is 12.6. The third-order valence-corrected chi connectivity index (χ3v) is 4.59. The number of ether oxygens (including phenoxy) is 2. The van der Waals surface area contributed by atoms with Gasteiger partial charge in [-0.2, -0.15) is 5.10 Å². The predicted octanol–water partition coefficient (Wildman–Crippen LogP) is 4.43. The van der Waals surface area contributed by atoms with Crippen LogP contribution in [-0.4, -0.2) is 35.6 Å². The van der Waals surface area contributed by atoms with E-state index in [2.05, 4.69) is 10.2 Å². The summed E-state index contributed by atoms with van der Waals surface area (Å²) < 4.78 is 10.7. The SMILES string of the molecule is CC1=NN=C(C(=O)OC(C)C)C(c2ccc(Cl)c(Cl)c2)C1C(=O)OC(C)C. The van der Waals surface area contributed by atoms with Crippen molar-refractivity contribution in [2.24, 2.45) is 16.1 Å². The highest BCUT2D eigenvalue weighted by Gasteiger charge is 2.43. The van der Waals surface area contributed by atoms with Crippen LogP contribution in [0, 0.1) is 5.92 Å². The van der Waals surface area contributed by atoms with Gasteiger partial charge in [-0.3, -0.25) is 4.79 Å². The van der Waals surface area contributed by atoms with Crippen LogP contribution in [0.3, 0.4) is 0 Å². The summed E-state index contributed by atoms with van der Waals surface area (Å²) in [7, 11) is 0. The van der Waals surface area contributed by atoms with Crippen molar-refractivity contribution in [3.8, 4) is 0 Å². The van der Waals surface area contributed by atoms with Gasteiger partial charge in [0.1, 0.15) is 5.92 Å². The molecule has 8 heteroatoms. The number of benzene rings is 1. The van der Waals surface area contributed by atoms with E-state index in [4.69, 9.17) is 32.7 Å². The van der Waals surface area contributed by atoms with Crippen LogP contribution < -0.4 is 0 Å². The van der Waals surface area contributed by atoms with Gasteiger partial charge in [0.15, 0.2) is 5.71 Å². The largest absolute Gasteiger partial charge is 0.462 e. The normalized spacial score (nSPS) is 19.6. The van der Waals surface area contributed by atoms with Crippen molar-refractivity contribution in [1.82, 2.24) is 0 Å². The maximum absolute atomic E-state index is 12.8. The number of carbonyl (C=O) groups is 2. The maximum Gasteiger partial charge on any atom is 0.355 e. The van der Waals surface area contributed by atoms with Crippen molar-refractivity contribution in [3.63, 3.8) is 0 Å². The maximum atomic E-state index is 12.8. The standard InChI is InChI=1S/C19H22Cl2N2O4/c1-9(2)26-18(24)15-11(5)22-23-17(19(25)27-10(3)4)16(15)12-6-7-13(20)14(21)8-12/h6-10,15-16H,1-5H3. The molecule has 0 saturated heterocycles. The van der Waals surface area contributed by atoms with E-state index in [9.17, 15) is 9.59 Å². The van der Waals surface area contributed by atoms with Crippen LogP contribution >= 0.6 is 23.2 Å². The summed E-state index contributed by atoms with van der Waals surface area (Å²) in [5.41, 5.74) is 1.07. The van der Waals surface area contributed by atoms with E-state index in [-0.39, 0.29) is 17.9 Å². The lowest BCUT2D eigenvalue weighted by molar-refractivity contribution is -0.150. The highest BCUT2D eigenvalue weighted by Crippen LogP contribution is 2.35. The Morgan fingerprint density at radius 2 is 1.63 bits per heavy atom. The molecular weight excluding hydrogens is 391 g/mol. The molecule has 0 amide bonds. The summed E-state index contributed by atoms with van der Waals surface area (Å²) in [5, 5.41) is 8.71. The molecule has 1 aliphatic rings. The Labute approximate surface area is 168 Å². The molecule has 1 aromatic carbocycles. The summed E-state index contributed by atoms with van der Waals surface area (Å²) in [4.78, 5) is 25.4. The molecule has 1 aromatic rings. The quantitative estimate of drug-likeness (QED) is 0.670. The van der Waals surface area contributed by atoms with Crippen LogP contribution in [0.5, 0.6) is 0 Å². The van der Waals surface area contributed by atoms with Crippen molar-refractivity contribution in [1.29, 1.82) is 0 Å². The van der Waals surface area contributed by atoms with Gasteiger partial charge in [0.05, 0.1) is 33.9 Å². The molecule has 0 radical (unpaired) electrons. The Hall–Kier alpha value is -1.92. The molecule has 27 heavy (non-hydrogen) atoms. The fraction of sp³-hybridized carbons (Fsp3) is 0.474. The second-order valence-electron chi connectivity index (χ2n) is 6.80. The highest BCUT2D eigenvalue weighted by atomic mass is 35.5. The van der Waals surface area contributed by atoms with Gasteiger partial charge in [0, 0.05) is 0 Å². The zero-order valence-electron chi connectivity index (χ0n) is 15.8. The minimum Gasteiger partial charge on any atom is -0.462 e. The number of esters is 2. The van der Waals surface area contributed by atoms with Gasteiger partial charge in [-0.05, 0) is 52.3 Å². The molecule has 0 spiro atoms. The van der Waals surface area contributed by atoms with Crippen molar-refractivity contribution in [3.05, 3.63) is 33.8 Å². The Kier molecular flexibility index (Phi) is 7.00. The first kappa shape index (κ1) is 21.4. The van der Waals surface area contributed by atoms with Crippen molar-refractivity contribution in [2.75, 3.05) is 0 Å². The second-order valence-corrected chi connectivity index (χ2v) is 7.61. The van der Waals surface area contributed by atoms with Crippen LogP contribution in [0.4, 0.5) is 0 Å². The van der Waals surface area contributed by atoms with E-state index in [0.29, 0.717) is 21.3 Å². The average Bonchev–Trinajstić information content (AvgIpc) is 2.55. The molecule has 0 fully saturated rings. The van der Waals surface area contributed by atoms with Crippen LogP contribution in [0.25, 0.3) is 0 Å². The third-order valence-electron chi connectivity index (χ3n) is 3.85. The van der Waals surface area contributed by atoms with Gasteiger partial charge in [-0.15, -0.1) is 5.10 Å². The molecule has 1 heterocycles. The number of hydrogen-bond donors (Lipinski definition) is 0. The first-order valence-corrected chi connectivity index (χ1v) is 9.35. The predicted molar refractivity (Wildman–Crippen MR) is 106 cm³/mol. The Morgan fingerprint density at radius 3 is 2.19 bits per heavy atom. The van der Waals surface area contributed by atoms with Crippen LogP contribution in [0.15, 0.2) is 28.4 Å². The van der Waals surface area contributed by atoms with E-state index in [0.717, 1.165) is 0 Å². The molecule has 1 aliphatic heterocycles. The zero-order valence-corrected chi connectivity index (χ0v) is 17.3. The van der Waals surface area contributed by atoms with Gasteiger partial charge in [-0.25, -0.2) is 4.79 Å². The summed E-state index contributed by atoms with van der Waals surface area (Å²) >= 11 is 12.2. The van der Waals surface area contributed by atoms with Crippen molar-refractivity contribution in [2.45, 2.75) is 52.7 Å². The third kappa shape index (κ3) is 5.08. The summed E-state index contributed by atoms with van der Waals surface area (Å²) in [6.07, 6.45) is -0.660. The van der Waals surface area contributed by atoms with Gasteiger partial charge in [0.2, 0.25) is 0 Å². The van der Waals surface area contributed by atoms with E-state index in [1.165, 1.54) is 0 Å². The lowest BCUT2D eigenvalue weighted by Crippen LogP contribution is -2.41. The number of carbonyl (C=O) groups excluding carboxylic acids is 2. The fourth-order valence-corrected chi connectivity index (χ4v) is 3.07. The number of hydrogen-bond acceptors (Lipinski definition) is 6. The molecule has 2 rings (SSSR count). The number of nitrogens with zero attached hydrogens (tertiary/aromatic N) is 2. The van der Waals surface area contributed by atoms with E-state index in [1.54, 1.807) is 52.8 Å². The monoisotopic (exact) mass is 412 g/mol. The van der Waals surface area contributed by atoms with E-state index >= 15 is 0 Å². The lowest BCUT2D eigenvalue weighted by atomic mass is 9.79. The summed E-state index contributed by atoms with van der Waals surface area (Å²) in [6, 6.07) is 4.92. The van der Waals surface area contributed by atoms with Crippen LogP contribution in [0.1, 0.15) is 46.1 Å². The smallest absolute Gasteiger partial charge is 0.355 e. The highest BCUT2D eigenvalue weighted by molar-refractivity contribution is 6.42. The molecule has 0 N–H and O–H groups in total. The molecule has 0 saturated carbocycles. The minimum atomic E-state index is -0.822. The van der Waals surface area contributed by atoms with Crippen LogP contribution in [0.2, 0.25) is 10.0 Å². The van der Waals surface area contributed by atoms with Crippen molar-refractivity contribution < 1.29 is 19.1 Å². The van der Waals surface area contributed by atoms with E-state index in [1.807, 2.05) is 0 Å². The molecular formula is C19H22Cl2N2O4. The summed E-state index contributed by atoms with van der Waals surface area (Å²) in [6.45, 7) is 8.64. The molecule has 0 aliphatic carbocycles. The van der Waals surface area contributed by atoms with E-state index < -0.39 is 23.8 Å². The van der Waals surface area contributed by atoms with Gasteiger partial charge < -0.3 is 9.47 Å². The second kappa shape index (κ2) is 8.85. The molecule has 146 valence electrons.